The SMILES string of the molecule is O=C(NCc1nccn1Cc1ccccc1)OCc1ccccc1. The molecule has 1 aromatic heterocycles. The predicted octanol–water partition coefficient (Wildman–Crippen LogP) is 3.36. The smallest absolute Gasteiger partial charge is 0.407 e. The van der Waals surface area contributed by atoms with Gasteiger partial charge in [0.05, 0.1) is 6.54 Å². The van der Waals surface area contributed by atoms with E-state index in [4.69, 9.17) is 4.74 Å². The average molecular weight is 321 g/mol. The quantitative estimate of drug-likeness (QED) is 0.757. The van der Waals surface area contributed by atoms with Gasteiger partial charge in [-0.25, -0.2) is 9.78 Å². The maximum absolute atomic E-state index is 11.8. The van der Waals surface area contributed by atoms with Crippen molar-refractivity contribution in [2.75, 3.05) is 0 Å². The summed E-state index contributed by atoms with van der Waals surface area (Å²) in [5.41, 5.74) is 2.14. The minimum atomic E-state index is -0.451. The van der Waals surface area contributed by atoms with Crippen LogP contribution in [0.15, 0.2) is 73.1 Å². The van der Waals surface area contributed by atoms with E-state index >= 15 is 0 Å². The molecule has 0 spiro atoms. The molecule has 122 valence electrons. The maximum atomic E-state index is 11.8. The van der Waals surface area contributed by atoms with E-state index in [0.717, 1.165) is 17.9 Å². The largest absolute Gasteiger partial charge is 0.445 e. The van der Waals surface area contributed by atoms with Gasteiger partial charge in [0.25, 0.3) is 0 Å². The molecule has 0 saturated heterocycles. The van der Waals surface area contributed by atoms with E-state index in [1.165, 1.54) is 5.56 Å². The lowest BCUT2D eigenvalue weighted by Gasteiger charge is -2.10. The van der Waals surface area contributed by atoms with Crippen molar-refractivity contribution in [3.63, 3.8) is 0 Å². The van der Waals surface area contributed by atoms with Crippen LogP contribution in [0.5, 0.6) is 0 Å². The van der Waals surface area contributed by atoms with Gasteiger partial charge in [-0.2, -0.15) is 0 Å². The first kappa shape index (κ1) is 15.8. The van der Waals surface area contributed by atoms with Gasteiger partial charge in [-0.15, -0.1) is 0 Å². The minimum absolute atomic E-state index is 0.255. The van der Waals surface area contributed by atoms with Crippen molar-refractivity contribution in [2.45, 2.75) is 19.7 Å². The molecule has 0 atom stereocenters. The van der Waals surface area contributed by atoms with Gasteiger partial charge in [0.15, 0.2) is 0 Å². The third kappa shape index (κ3) is 4.46. The van der Waals surface area contributed by atoms with Gasteiger partial charge in [0.2, 0.25) is 0 Å². The van der Waals surface area contributed by atoms with Crippen LogP contribution in [-0.2, 0) is 24.4 Å². The van der Waals surface area contributed by atoms with Gasteiger partial charge < -0.3 is 14.6 Å². The fourth-order valence-electron chi connectivity index (χ4n) is 2.36. The molecular weight excluding hydrogens is 302 g/mol. The summed E-state index contributed by atoms with van der Waals surface area (Å²) >= 11 is 0. The Balaban J connectivity index is 1.50. The summed E-state index contributed by atoms with van der Waals surface area (Å²) in [6.07, 6.45) is 3.18. The van der Waals surface area contributed by atoms with Crippen LogP contribution in [0, 0.1) is 0 Å². The summed E-state index contributed by atoms with van der Waals surface area (Å²) in [5, 5.41) is 2.74. The van der Waals surface area contributed by atoms with Crippen molar-refractivity contribution in [1.29, 1.82) is 0 Å². The van der Waals surface area contributed by atoms with Gasteiger partial charge in [-0.05, 0) is 11.1 Å². The molecule has 5 heteroatoms. The Morgan fingerprint density at radius 2 is 1.67 bits per heavy atom. The summed E-state index contributed by atoms with van der Waals surface area (Å²) in [5.74, 6) is 0.788. The molecular formula is C19H19N3O2. The Hall–Kier alpha value is -3.08. The first-order chi connectivity index (χ1) is 11.8. The summed E-state index contributed by atoms with van der Waals surface area (Å²) in [6.45, 7) is 1.30. The highest BCUT2D eigenvalue weighted by molar-refractivity contribution is 5.67. The van der Waals surface area contributed by atoms with Crippen LogP contribution < -0.4 is 5.32 Å². The van der Waals surface area contributed by atoms with Crippen LogP contribution in [-0.4, -0.2) is 15.6 Å². The van der Waals surface area contributed by atoms with E-state index in [9.17, 15) is 4.79 Å². The summed E-state index contributed by atoms with van der Waals surface area (Å²) in [7, 11) is 0. The number of alkyl carbamates (subject to hydrolysis) is 1. The highest BCUT2D eigenvalue weighted by Crippen LogP contribution is 2.06. The fourth-order valence-corrected chi connectivity index (χ4v) is 2.36. The molecule has 0 bridgehead atoms. The van der Waals surface area contributed by atoms with Crippen LogP contribution >= 0.6 is 0 Å². The Morgan fingerprint density at radius 1 is 1.00 bits per heavy atom. The zero-order chi connectivity index (χ0) is 16.6. The molecule has 1 amide bonds. The normalized spacial score (nSPS) is 10.3. The van der Waals surface area contributed by atoms with Crippen molar-refractivity contribution < 1.29 is 9.53 Å². The number of aromatic nitrogens is 2. The number of nitrogens with zero attached hydrogens (tertiary/aromatic N) is 2. The Labute approximate surface area is 140 Å². The number of nitrogens with one attached hydrogen (secondary N) is 1. The Kier molecular flexibility index (Phi) is 5.24. The molecule has 0 radical (unpaired) electrons. The molecule has 1 heterocycles. The number of rotatable bonds is 6. The van der Waals surface area contributed by atoms with Crippen LogP contribution in [0.2, 0.25) is 0 Å². The molecule has 1 N–H and O–H groups in total. The first-order valence-corrected chi connectivity index (χ1v) is 7.80. The maximum Gasteiger partial charge on any atom is 0.407 e. The molecule has 0 aliphatic rings. The van der Waals surface area contributed by atoms with Crippen LogP contribution in [0.3, 0.4) is 0 Å². The zero-order valence-electron chi connectivity index (χ0n) is 13.3. The number of hydrogen-bond donors (Lipinski definition) is 1. The van der Waals surface area contributed by atoms with Gasteiger partial charge in [0, 0.05) is 18.9 Å². The molecule has 5 nitrogen and oxygen atoms in total. The van der Waals surface area contributed by atoms with Gasteiger partial charge in [-0.3, -0.25) is 0 Å². The summed E-state index contributed by atoms with van der Waals surface area (Å²) in [4.78, 5) is 16.1. The molecule has 0 aliphatic heterocycles. The standard InChI is InChI=1S/C19H19N3O2/c23-19(24-15-17-9-5-2-6-10-17)21-13-18-20-11-12-22(18)14-16-7-3-1-4-8-16/h1-12H,13-15H2,(H,21,23). The summed E-state index contributed by atoms with van der Waals surface area (Å²) in [6, 6.07) is 19.7. The van der Waals surface area contributed by atoms with E-state index < -0.39 is 6.09 Å². The average Bonchev–Trinajstić information content (AvgIpc) is 3.07. The molecule has 0 saturated carbocycles. The van der Waals surface area contributed by atoms with E-state index in [1.807, 2.05) is 59.3 Å². The lowest BCUT2D eigenvalue weighted by atomic mass is 10.2. The monoisotopic (exact) mass is 321 g/mol. The predicted molar refractivity (Wildman–Crippen MR) is 91.2 cm³/mol. The fraction of sp³-hybridized carbons (Fsp3) is 0.158. The number of imidazole rings is 1. The van der Waals surface area contributed by atoms with E-state index in [1.54, 1.807) is 6.20 Å². The van der Waals surface area contributed by atoms with Gasteiger partial charge >= 0.3 is 6.09 Å². The molecule has 2 aromatic carbocycles. The zero-order valence-corrected chi connectivity index (χ0v) is 13.3. The van der Waals surface area contributed by atoms with E-state index in [0.29, 0.717) is 6.54 Å². The second kappa shape index (κ2) is 7.97. The highest BCUT2D eigenvalue weighted by Gasteiger charge is 2.07. The molecule has 0 unspecified atom stereocenters. The topological polar surface area (TPSA) is 56.2 Å². The number of hydrogen-bond acceptors (Lipinski definition) is 3. The van der Waals surface area contributed by atoms with Crippen molar-refractivity contribution in [3.05, 3.63) is 90.0 Å². The second-order valence-electron chi connectivity index (χ2n) is 5.37. The molecule has 0 fully saturated rings. The number of carbonyl (C=O) groups excluding carboxylic acids is 1. The highest BCUT2D eigenvalue weighted by atomic mass is 16.5. The second-order valence-corrected chi connectivity index (χ2v) is 5.37. The van der Waals surface area contributed by atoms with Crippen LogP contribution in [0.25, 0.3) is 0 Å². The molecule has 3 aromatic rings. The first-order valence-electron chi connectivity index (χ1n) is 7.80. The third-order valence-corrected chi connectivity index (χ3v) is 3.60. The lowest BCUT2D eigenvalue weighted by Crippen LogP contribution is -2.25. The number of carbonyl (C=O) groups is 1. The van der Waals surface area contributed by atoms with Gasteiger partial charge in [-0.1, -0.05) is 60.7 Å². The van der Waals surface area contributed by atoms with Crippen molar-refractivity contribution in [1.82, 2.24) is 14.9 Å². The van der Waals surface area contributed by atoms with Crippen molar-refractivity contribution in [3.8, 4) is 0 Å². The minimum Gasteiger partial charge on any atom is -0.445 e. The Bertz CT molecular complexity index is 770. The van der Waals surface area contributed by atoms with Crippen molar-refractivity contribution in [2.24, 2.45) is 0 Å². The molecule has 0 aliphatic carbocycles. The van der Waals surface area contributed by atoms with Crippen LogP contribution in [0.1, 0.15) is 17.0 Å². The number of amides is 1. The summed E-state index contributed by atoms with van der Waals surface area (Å²) < 4.78 is 7.20. The third-order valence-electron chi connectivity index (χ3n) is 3.60. The van der Waals surface area contributed by atoms with E-state index in [2.05, 4.69) is 22.4 Å². The Morgan fingerprint density at radius 3 is 2.38 bits per heavy atom. The van der Waals surface area contributed by atoms with Crippen LogP contribution in [0.4, 0.5) is 4.79 Å². The van der Waals surface area contributed by atoms with E-state index in [-0.39, 0.29) is 6.61 Å². The lowest BCUT2D eigenvalue weighted by molar-refractivity contribution is 0.138. The van der Waals surface area contributed by atoms with Crippen molar-refractivity contribution >= 4 is 6.09 Å². The molecule has 3 rings (SSSR count). The molecule has 24 heavy (non-hydrogen) atoms. The van der Waals surface area contributed by atoms with Gasteiger partial charge in [0.1, 0.15) is 12.4 Å². The number of ether oxygens (including phenoxy) is 1. The number of benzene rings is 2.